The fourth-order valence-electron chi connectivity index (χ4n) is 5.10. The van der Waals surface area contributed by atoms with Crippen LogP contribution in [0.15, 0.2) is 23.8 Å². The number of hydrogen-bond donors (Lipinski definition) is 2. The van der Waals surface area contributed by atoms with Crippen molar-refractivity contribution in [1.29, 1.82) is 0 Å². The van der Waals surface area contributed by atoms with E-state index in [2.05, 4.69) is 40.7 Å². The first-order chi connectivity index (χ1) is 13.6. The Bertz CT molecular complexity index is 803. The molecule has 2 atom stereocenters. The second-order valence-corrected chi connectivity index (χ2v) is 9.99. The van der Waals surface area contributed by atoms with Gasteiger partial charge in [-0.3, -0.25) is 0 Å². The normalized spacial score (nSPS) is 22.9. The van der Waals surface area contributed by atoms with E-state index >= 15 is 0 Å². The number of ether oxygens (including phenoxy) is 1. The number of aliphatic carboxylic acids is 1. The molecule has 1 aromatic carbocycles. The summed E-state index contributed by atoms with van der Waals surface area (Å²) in [4.78, 5) is 11.6. The molecule has 3 rings (SSSR count). The molecular weight excluding hydrogens is 364 g/mol. The minimum absolute atomic E-state index is 0.0356. The molecule has 1 aromatic rings. The molecule has 1 aliphatic carbocycles. The van der Waals surface area contributed by atoms with Crippen LogP contribution in [0.2, 0.25) is 0 Å². The Morgan fingerprint density at radius 1 is 1.24 bits per heavy atom. The van der Waals surface area contributed by atoms with Crippen LogP contribution < -0.4 is 4.74 Å². The number of allylic oxidation sites excluding steroid dienone is 1. The van der Waals surface area contributed by atoms with E-state index in [1.54, 1.807) is 0 Å². The highest BCUT2D eigenvalue weighted by molar-refractivity contribution is 5.87. The van der Waals surface area contributed by atoms with E-state index in [1.807, 2.05) is 12.1 Å². The molecule has 2 aliphatic rings. The number of fused-ring (bicyclic) bond motifs is 3. The van der Waals surface area contributed by atoms with Crippen LogP contribution in [0.1, 0.15) is 96.6 Å². The summed E-state index contributed by atoms with van der Waals surface area (Å²) in [5.41, 5.74) is 1.85. The fourth-order valence-corrected chi connectivity index (χ4v) is 5.10. The monoisotopic (exact) mass is 400 g/mol. The van der Waals surface area contributed by atoms with Gasteiger partial charge in [-0.15, -0.1) is 0 Å². The fraction of sp³-hybridized carbons (Fsp3) is 0.640. The van der Waals surface area contributed by atoms with E-state index in [1.165, 1.54) is 25.7 Å². The third-order valence-corrected chi connectivity index (χ3v) is 7.01. The summed E-state index contributed by atoms with van der Waals surface area (Å²) >= 11 is 0. The predicted molar refractivity (Wildman–Crippen MR) is 116 cm³/mol. The Hall–Kier alpha value is -1.97. The highest BCUT2D eigenvalue weighted by Crippen LogP contribution is 2.55. The third kappa shape index (κ3) is 4.31. The van der Waals surface area contributed by atoms with Gasteiger partial charge in [-0.25, -0.2) is 4.79 Å². The maximum atomic E-state index is 11.6. The molecule has 0 amide bonds. The van der Waals surface area contributed by atoms with Crippen LogP contribution in [0.5, 0.6) is 11.5 Å². The van der Waals surface area contributed by atoms with Crippen LogP contribution in [0, 0.1) is 5.92 Å². The Morgan fingerprint density at radius 3 is 2.62 bits per heavy atom. The second-order valence-electron chi connectivity index (χ2n) is 9.99. The molecule has 0 saturated heterocycles. The summed E-state index contributed by atoms with van der Waals surface area (Å²) in [5, 5.41) is 20.5. The smallest absolute Gasteiger partial charge is 0.331 e. The lowest BCUT2D eigenvalue weighted by molar-refractivity contribution is -0.133. The van der Waals surface area contributed by atoms with E-state index in [9.17, 15) is 15.0 Å². The quantitative estimate of drug-likeness (QED) is 0.526. The Kier molecular flexibility index (Phi) is 6.03. The molecule has 0 spiro atoms. The van der Waals surface area contributed by atoms with Gasteiger partial charge in [0.2, 0.25) is 0 Å². The van der Waals surface area contributed by atoms with Crippen LogP contribution in [0.3, 0.4) is 0 Å². The zero-order chi connectivity index (χ0) is 21.4. The topological polar surface area (TPSA) is 66.8 Å². The summed E-state index contributed by atoms with van der Waals surface area (Å²) in [7, 11) is 0. The largest absolute Gasteiger partial charge is 0.508 e. The molecule has 2 N–H and O–H groups in total. The number of rotatable bonds is 7. The lowest BCUT2D eigenvalue weighted by atomic mass is 9.66. The van der Waals surface area contributed by atoms with Crippen molar-refractivity contribution >= 4 is 5.97 Å². The number of aromatic hydroxyl groups is 1. The molecule has 0 aromatic heterocycles. The number of phenolic OH excluding ortho intramolecular Hbond substituents is 1. The van der Waals surface area contributed by atoms with E-state index in [-0.39, 0.29) is 23.0 Å². The first-order valence-corrected chi connectivity index (χ1v) is 11.1. The van der Waals surface area contributed by atoms with Crippen molar-refractivity contribution in [2.75, 3.05) is 0 Å². The zero-order valence-electron chi connectivity index (χ0n) is 18.5. The van der Waals surface area contributed by atoms with Gasteiger partial charge in [-0.2, -0.15) is 0 Å². The molecular formula is C25H36O4. The Balaban J connectivity index is 1.95. The predicted octanol–water partition coefficient (Wildman–Crippen LogP) is 6.32. The number of benzene rings is 1. The average Bonchev–Trinajstić information content (AvgIpc) is 2.64. The van der Waals surface area contributed by atoms with Gasteiger partial charge in [0.1, 0.15) is 17.1 Å². The van der Waals surface area contributed by atoms with E-state index in [0.29, 0.717) is 18.4 Å². The summed E-state index contributed by atoms with van der Waals surface area (Å²) in [5.74, 6) is 0.220. The highest BCUT2D eigenvalue weighted by atomic mass is 16.5. The van der Waals surface area contributed by atoms with Gasteiger partial charge in [0.15, 0.2) is 0 Å². The minimum Gasteiger partial charge on any atom is -0.508 e. The van der Waals surface area contributed by atoms with Crippen LogP contribution in [0.4, 0.5) is 0 Å². The lowest BCUT2D eigenvalue weighted by Crippen LogP contribution is -2.46. The van der Waals surface area contributed by atoms with Gasteiger partial charge >= 0.3 is 5.97 Å². The van der Waals surface area contributed by atoms with Crippen molar-refractivity contribution in [3.8, 4) is 11.5 Å². The molecule has 0 radical (unpaired) electrons. The third-order valence-electron chi connectivity index (χ3n) is 7.01. The van der Waals surface area contributed by atoms with Crippen molar-refractivity contribution in [2.24, 2.45) is 5.92 Å². The Labute approximate surface area is 175 Å². The standard InChI is InChI=1S/C25H36O4/c1-6-7-8-9-12-24(2,3)17-14-20(26)22-18-13-16(23(27)28)10-11-19(18)25(4,5)29-21(22)15-17/h10,14-15,18-19,26H,6-9,11-13H2,1-5H3,(H,27,28). The number of carboxylic acid groups (broad SMARTS) is 1. The minimum atomic E-state index is -0.862. The first kappa shape index (κ1) is 21.7. The summed E-state index contributed by atoms with van der Waals surface area (Å²) < 4.78 is 6.41. The molecule has 4 nitrogen and oxygen atoms in total. The molecule has 0 fully saturated rings. The SMILES string of the molecule is CCCCCCC(C)(C)c1cc(O)c2c(c1)OC(C)(C)C1CC=C(C(=O)O)CC21. The van der Waals surface area contributed by atoms with E-state index < -0.39 is 11.6 Å². The van der Waals surface area contributed by atoms with Crippen molar-refractivity contribution in [1.82, 2.24) is 0 Å². The number of hydrogen-bond acceptors (Lipinski definition) is 3. The number of carbonyl (C=O) groups is 1. The van der Waals surface area contributed by atoms with E-state index in [0.717, 1.165) is 23.3 Å². The highest BCUT2D eigenvalue weighted by Gasteiger charge is 2.47. The van der Waals surface area contributed by atoms with Crippen molar-refractivity contribution < 1.29 is 19.7 Å². The van der Waals surface area contributed by atoms with Crippen LogP contribution in [0.25, 0.3) is 0 Å². The average molecular weight is 401 g/mol. The molecule has 2 unspecified atom stereocenters. The van der Waals surface area contributed by atoms with Crippen molar-refractivity contribution in [3.63, 3.8) is 0 Å². The van der Waals surface area contributed by atoms with Crippen LogP contribution >= 0.6 is 0 Å². The van der Waals surface area contributed by atoms with Gasteiger partial charge in [0.25, 0.3) is 0 Å². The van der Waals surface area contributed by atoms with Gasteiger partial charge < -0.3 is 14.9 Å². The molecule has 4 heteroatoms. The van der Waals surface area contributed by atoms with Crippen molar-refractivity contribution in [3.05, 3.63) is 34.9 Å². The van der Waals surface area contributed by atoms with Crippen LogP contribution in [-0.2, 0) is 10.2 Å². The zero-order valence-corrected chi connectivity index (χ0v) is 18.5. The molecule has 29 heavy (non-hydrogen) atoms. The van der Waals surface area contributed by atoms with Gasteiger partial charge in [0, 0.05) is 23.0 Å². The summed E-state index contributed by atoms with van der Waals surface area (Å²) in [6, 6.07) is 3.97. The molecule has 1 aliphatic heterocycles. The van der Waals surface area contributed by atoms with E-state index in [4.69, 9.17) is 4.74 Å². The number of unbranched alkanes of at least 4 members (excludes halogenated alkanes) is 3. The summed E-state index contributed by atoms with van der Waals surface area (Å²) in [6.07, 6.45) is 8.85. The van der Waals surface area contributed by atoms with Gasteiger partial charge in [-0.05, 0) is 56.2 Å². The molecule has 160 valence electrons. The molecule has 1 heterocycles. The maximum absolute atomic E-state index is 11.6. The number of phenols is 1. The second kappa shape index (κ2) is 8.04. The maximum Gasteiger partial charge on any atom is 0.331 e. The number of carboxylic acids is 1. The molecule has 0 bridgehead atoms. The lowest BCUT2D eigenvalue weighted by Gasteiger charge is -2.47. The Morgan fingerprint density at radius 2 is 1.97 bits per heavy atom. The first-order valence-electron chi connectivity index (χ1n) is 11.1. The van der Waals surface area contributed by atoms with Crippen LogP contribution in [-0.4, -0.2) is 21.8 Å². The van der Waals surface area contributed by atoms with Crippen molar-refractivity contribution in [2.45, 2.75) is 96.5 Å². The van der Waals surface area contributed by atoms with Gasteiger partial charge in [0.05, 0.1) is 0 Å². The molecule has 0 saturated carbocycles. The van der Waals surface area contributed by atoms with Gasteiger partial charge in [-0.1, -0.05) is 52.5 Å². The summed E-state index contributed by atoms with van der Waals surface area (Å²) in [6.45, 7) is 10.8.